The van der Waals surface area contributed by atoms with Crippen molar-refractivity contribution >= 4 is 17.5 Å². The molecule has 2 aromatic heterocycles. The second-order valence-corrected chi connectivity index (χ2v) is 8.57. The number of urea groups is 1. The van der Waals surface area contributed by atoms with Crippen LogP contribution in [0.5, 0.6) is 0 Å². The van der Waals surface area contributed by atoms with Gasteiger partial charge in [-0.05, 0) is 50.1 Å². The Bertz CT molecular complexity index is 1340. The number of aromatic amines is 1. The standard InChI is InChI=1S/C25H25F2N7O/c1-15-16(2)32-34(18-6-4-3-5-7-18)24(15)31-25(35)30-22-10-11-33(19-13-28-29-14-19)23(22)17-8-9-20(26)21(27)12-17/h3-9,12-14,22-23H,10-11H2,1-2H3,(H,28,29)(H2,30,31,35). The Morgan fingerprint density at radius 2 is 1.89 bits per heavy atom. The zero-order valence-corrected chi connectivity index (χ0v) is 19.3. The molecule has 2 atom stereocenters. The Labute approximate surface area is 201 Å². The van der Waals surface area contributed by atoms with Gasteiger partial charge in [0.25, 0.3) is 0 Å². The molecule has 10 heteroatoms. The van der Waals surface area contributed by atoms with Gasteiger partial charge < -0.3 is 10.2 Å². The molecule has 8 nitrogen and oxygen atoms in total. The second-order valence-electron chi connectivity index (χ2n) is 8.57. The van der Waals surface area contributed by atoms with E-state index in [4.69, 9.17) is 0 Å². The van der Waals surface area contributed by atoms with E-state index in [0.717, 1.165) is 28.7 Å². The summed E-state index contributed by atoms with van der Waals surface area (Å²) in [6.07, 6.45) is 4.01. The van der Waals surface area contributed by atoms with Crippen molar-refractivity contribution in [3.8, 4) is 5.69 Å². The van der Waals surface area contributed by atoms with Crippen molar-refractivity contribution in [2.24, 2.45) is 0 Å². The van der Waals surface area contributed by atoms with Crippen LogP contribution in [0, 0.1) is 25.5 Å². The number of benzene rings is 2. The Morgan fingerprint density at radius 3 is 2.60 bits per heavy atom. The quantitative estimate of drug-likeness (QED) is 0.391. The minimum absolute atomic E-state index is 0.357. The number of aromatic nitrogens is 4. The van der Waals surface area contributed by atoms with E-state index >= 15 is 0 Å². The lowest BCUT2D eigenvalue weighted by atomic mass is 9.99. The van der Waals surface area contributed by atoms with Crippen LogP contribution in [0.3, 0.4) is 0 Å². The Kier molecular flexibility index (Phi) is 5.94. The average Bonchev–Trinajstić information content (AvgIpc) is 3.58. The Balaban J connectivity index is 1.41. The summed E-state index contributed by atoms with van der Waals surface area (Å²) >= 11 is 0. The van der Waals surface area contributed by atoms with Crippen LogP contribution in [-0.2, 0) is 0 Å². The van der Waals surface area contributed by atoms with Gasteiger partial charge in [-0.3, -0.25) is 10.4 Å². The fourth-order valence-corrected chi connectivity index (χ4v) is 4.56. The molecule has 2 aromatic carbocycles. The molecule has 1 saturated heterocycles. The summed E-state index contributed by atoms with van der Waals surface area (Å²) < 4.78 is 29.4. The number of hydrogen-bond donors (Lipinski definition) is 3. The molecular formula is C25H25F2N7O. The lowest BCUT2D eigenvalue weighted by Crippen LogP contribution is -2.42. The van der Waals surface area contributed by atoms with E-state index in [-0.39, 0.29) is 6.04 Å². The van der Waals surface area contributed by atoms with Crippen LogP contribution in [0.25, 0.3) is 5.69 Å². The third-order valence-electron chi connectivity index (χ3n) is 6.41. The lowest BCUT2D eigenvalue weighted by molar-refractivity contribution is 0.247. The molecule has 1 fully saturated rings. The van der Waals surface area contributed by atoms with E-state index in [0.29, 0.717) is 24.3 Å². The number of para-hydroxylation sites is 1. The van der Waals surface area contributed by atoms with Crippen LogP contribution in [0.1, 0.15) is 29.3 Å². The highest BCUT2D eigenvalue weighted by Gasteiger charge is 2.37. The minimum atomic E-state index is -0.928. The monoisotopic (exact) mass is 477 g/mol. The van der Waals surface area contributed by atoms with E-state index in [1.54, 1.807) is 23.1 Å². The third-order valence-corrected chi connectivity index (χ3v) is 6.41. The van der Waals surface area contributed by atoms with Gasteiger partial charge in [0.05, 0.1) is 35.3 Å². The molecule has 2 amide bonds. The van der Waals surface area contributed by atoms with Gasteiger partial charge in [-0.15, -0.1) is 0 Å². The largest absolute Gasteiger partial charge is 0.360 e. The van der Waals surface area contributed by atoms with Crippen molar-refractivity contribution in [1.82, 2.24) is 25.3 Å². The molecule has 1 aliphatic rings. The van der Waals surface area contributed by atoms with Crippen LogP contribution in [0.15, 0.2) is 60.9 Å². The van der Waals surface area contributed by atoms with Gasteiger partial charge in [-0.2, -0.15) is 10.2 Å². The predicted molar refractivity (Wildman–Crippen MR) is 129 cm³/mol. The molecule has 180 valence electrons. The lowest BCUT2D eigenvalue weighted by Gasteiger charge is -2.29. The molecule has 0 spiro atoms. The normalized spacial score (nSPS) is 17.5. The molecule has 4 aromatic rings. The molecule has 0 bridgehead atoms. The molecule has 0 saturated carbocycles. The fourth-order valence-electron chi connectivity index (χ4n) is 4.56. The predicted octanol–water partition coefficient (Wildman–Crippen LogP) is 4.63. The number of anilines is 2. The van der Waals surface area contributed by atoms with Gasteiger partial charge in [0.1, 0.15) is 5.82 Å². The zero-order valence-electron chi connectivity index (χ0n) is 19.3. The van der Waals surface area contributed by atoms with E-state index in [1.165, 1.54) is 6.07 Å². The van der Waals surface area contributed by atoms with Crippen LogP contribution in [0.4, 0.5) is 25.1 Å². The number of hydrogen-bond acceptors (Lipinski definition) is 4. The van der Waals surface area contributed by atoms with Crippen molar-refractivity contribution in [1.29, 1.82) is 0 Å². The summed E-state index contributed by atoms with van der Waals surface area (Å²) in [5.41, 5.74) is 3.85. The van der Waals surface area contributed by atoms with Gasteiger partial charge >= 0.3 is 6.03 Å². The van der Waals surface area contributed by atoms with Crippen LogP contribution < -0.4 is 15.5 Å². The highest BCUT2D eigenvalue weighted by molar-refractivity contribution is 5.90. The fraction of sp³-hybridized carbons (Fsp3) is 0.240. The number of carbonyl (C=O) groups is 1. The minimum Gasteiger partial charge on any atom is -0.360 e. The maximum absolute atomic E-state index is 14.1. The molecule has 35 heavy (non-hydrogen) atoms. The van der Waals surface area contributed by atoms with Crippen molar-refractivity contribution < 1.29 is 13.6 Å². The van der Waals surface area contributed by atoms with Crippen LogP contribution >= 0.6 is 0 Å². The summed E-state index contributed by atoms with van der Waals surface area (Å²) in [6, 6.07) is 12.2. The molecule has 1 aliphatic heterocycles. The first kappa shape index (κ1) is 22.6. The first-order chi connectivity index (χ1) is 16.9. The van der Waals surface area contributed by atoms with E-state index < -0.39 is 23.7 Å². The molecular weight excluding hydrogens is 452 g/mol. The van der Waals surface area contributed by atoms with Gasteiger partial charge in [0, 0.05) is 18.3 Å². The third kappa shape index (κ3) is 4.34. The van der Waals surface area contributed by atoms with Gasteiger partial charge in [-0.1, -0.05) is 24.3 Å². The van der Waals surface area contributed by atoms with E-state index in [2.05, 4.69) is 25.9 Å². The summed E-state index contributed by atoms with van der Waals surface area (Å²) in [7, 11) is 0. The molecule has 0 aliphatic carbocycles. The number of H-pyrrole nitrogens is 1. The van der Waals surface area contributed by atoms with Crippen molar-refractivity contribution in [2.75, 3.05) is 16.8 Å². The SMILES string of the molecule is Cc1nn(-c2ccccc2)c(NC(=O)NC2CCN(c3cn[nH]c3)C2c2ccc(F)c(F)c2)c1C. The van der Waals surface area contributed by atoms with Gasteiger partial charge in [0.2, 0.25) is 0 Å². The number of halogens is 2. The summed E-state index contributed by atoms with van der Waals surface area (Å²) in [5, 5.41) is 17.3. The highest BCUT2D eigenvalue weighted by atomic mass is 19.2. The molecule has 3 N–H and O–H groups in total. The van der Waals surface area contributed by atoms with E-state index in [9.17, 15) is 13.6 Å². The summed E-state index contributed by atoms with van der Waals surface area (Å²) in [4.78, 5) is 15.2. The molecule has 5 rings (SSSR count). The maximum Gasteiger partial charge on any atom is 0.320 e. The molecule has 2 unspecified atom stereocenters. The van der Waals surface area contributed by atoms with Crippen LogP contribution in [-0.4, -0.2) is 38.6 Å². The zero-order chi connectivity index (χ0) is 24.5. The van der Waals surface area contributed by atoms with Crippen LogP contribution in [0.2, 0.25) is 0 Å². The maximum atomic E-state index is 14.1. The first-order valence-corrected chi connectivity index (χ1v) is 11.3. The highest BCUT2D eigenvalue weighted by Crippen LogP contribution is 2.36. The smallest absolute Gasteiger partial charge is 0.320 e. The van der Waals surface area contributed by atoms with Crippen molar-refractivity contribution in [3.05, 3.63) is 89.4 Å². The second kappa shape index (κ2) is 9.21. The van der Waals surface area contributed by atoms with Crippen molar-refractivity contribution in [3.63, 3.8) is 0 Å². The number of carbonyl (C=O) groups excluding carboxylic acids is 1. The summed E-state index contributed by atoms with van der Waals surface area (Å²) in [6.45, 7) is 4.39. The average molecular weight is 478 g/mol. The summed E-state index contributed by atoms with van der Waals surface area (Å²) in [5.74, 6) is -1.27. The number of rotatable bonds is 5. The Hall–Kier alpha value is -4.21. The molecule has 0 radical (unpaired) electrons. The Morgan fingerprint density at radius 1 is 1.09 bits per heavy atom. The van der Waals surface area contributed by atoms with Gasteiger partial charge in [-0.25, -0.2) is 18.3 Å². The van der Waals surface area contributed by atoms with Gasteiger partial charge in [0.15, 0.2) is 11.6 Å². The number of nitrogens with zero attached hydrogens (tertiary/aromatic N) is 4. The number of nitrogens with one attached hydrogen (secondary N) is 3. The molecule has 3 heterocycles. The first-order valence-electron chi connectivity index (χ1n) is 11.3. The van der Waals surface area contributed by atoms with E-state index in [1.807, 2.05) is 49.1 Å². The van der Waals surface area contributed by atoms with Crippen molar-refractivity contribution in [2.45, 2.75) is 32.4 Å². The number of amides is 2. The number of aryl methyl sites for hydroxylation is 1. The topological polar surface area (TPSA) is 90.9 Å².